The van der Waals surface area contributed by atoms with E-state index in [2.05, 4.69) is 15.0 Å². The molecule has 2 fully saturated rings. The maximum Gasteiger partial charge on any atom is 0.343 e. The molecule has 1 N–H and O–H groups in total. The van der Waals surface area contributed by atoms with Crippen molar-refractivity contribution in [1.82, 2.24) is 15.1 Å². The SMILES string of the molecule is COC(=O)COc1ccc(C(=O)N(Cc2ccc(F)cc2)C2CCN(C3CCNCC3)CC2)cc1. The smallest absolute Gasteiger partial charge is 0.343 e. The number of nitrogens with zero attached hydrogens (tertiary/aromatic N) is 2. The summed E-state index contributed by atoms with van der Waals surface area (Å²) >= 11 is 0. The highest BCUT2D eigenvalue weighted by Gasteiger charge is 2.31. The Hall–Kier alpha value is -2.97. The van der Waals surface area contributed by atoms with Crippen LogP contribution in [0, 0.1) is 5.82 Å². The summed E-state index contributed by atoms with van der Waals surface area (Å²) in [5.41, 5.74) is 1.46. The predicted octanol–water partition coefficient (Wildman–Crippen LogP) is 3.24. The van der Waals surface area contributed by atoms with Gasteiger partial charge in [-0.05, 0) is 80.7 Å². The molecule has 188 valence electrons. The van der Waals surface area contributed by atoms with E-state index in [1.807, 2.05) is 4.90 Å². The van der Waals surface area contributed by atoms with Crippen LogP contribution in [0.1, 0.15) is 41.6 Å². The summed E-state index contributed by atoms with van der Waals surface area (Å²) in [6, 6.07) is 13.9. The van der Waals surface area contributed by atoms with Gasteiger partial charge in [-0.3, -0.25) is 4.79 Å². The Balaban J connectivity index is 1.45. The van der Waals surface area contributed by atoms with Gasteiger partial charge >= 0.3 is 5.97 Å². The lowest BCUT2D eigenvalue weighted by Gasteiger charge is -2.42. The number of halogens is 1. The fourth-order valence-electron chi connectivity index (χ4n) is 4.95. The molecule has 2 aliphatic heterocycles. The number of nitrogens with one attached hydrogen (secondary N) is 1. The molecule has 2 aromatic rings. The molecule has 2 heterocycles. The second-order valence-electron chi connectivity index (χ2n) is 9.20. The van der Waals surface area contributed by atoms with E-state index in [0.29, 0.717) is 23.9 Å². The molecule has 0 bridgehead atoms. The minimum absolute atomic E-state index is 0.0610. The van der Waals surface area contributed by atoms with Crippen LogP contribution in [-0.4, -0.2) is 73.7 Å². The van der Waals surface area contributed by atoms with Crippen LogP contribution in [0.5, 0.6) is 5.75 Å². The van der Waals surface area contributed by atoms with Crippen LogP contribution >= 0.6 is 0 Å². The summed E-state index contributed by atoms with van der Waals surface area (Å²) in [4.78, 5) is 29.4. The second kappa shape index (κ2) is 12.1. The van der Waals surface area contributed by atoms with Crippen molar-refractivity contribution in [1.29, 1.82) is 0 Å². The van der Waals surface area contributed by atoms with Gasteiger partial charge in [-0.25, -0.2) is 9.18 Å². The van der Waals surface area contributed by atoms with Crippen LogP contribution < -0.4 is 10.1 Å². The van der Waals surface area contributed by atoms with Gasteiger partial charge in [0.15, 0.2) is 6.61 Å². The van der Waals surface area contributed by atoms with Crippen LogP contribution in [-0.2, 0) is 16.1 Å². The van der Waals surface area contributed by atoms with E-state index in [0.717, 1.165) is 44.6 Å². The first kappa shape index (κ1) is 25.1. The molecule has 0 saturated carbocycles. The Morgan fingerprint density at radius 1 is 1.00 bits per heavy atom. The Kier molecular flexibility index (Phi) is 8.71. The zero-order valence-electron chi connectivity index (χ0n) is 20.2. The summed E-state index contributed by atoms with van der Waals surface area (Å²) < 4.78 is 23.5. The molecule has 35 heavy (non-hydrogen) atoms. The number of carbonyl (C=O) groups excluding carboxylic acids is 2. The number of hydrogen-bond donors (Lipinski definition) is 1. The molecular weight excluding hydrogens is 449 g/mol. The summed E-state index contributed by atoms with van der Waals surface area (Å²) in [7, 11) is 1.31. The molecule has 0 aromatic heterocycles. The zero-order chi connectivity index (χ0) is 24.6. The van der Waals surface area contributed by atoms with Crippen LogP contribution in [0.3, 0.4) is 0 Å². The standard InChI is InChI=1S/C27H34FN3O4/c1-34-26(32)19-35-25-8-4-21(5-9-25)27(33)31(18-20-2-6-22(28)7-3-20)24-12-16-30(17-13-24)23-10-14-29-15-11-23/h2-9,23-24,29H,10-19H2,1H3. The first-order valence-electron chi connectivity index (χ1n) is 12.3. The summed E-state index contributed by atoms with van der Waals surface area (Å²) in [5, 5.41) is 3.43. The van der Waals surface area contributed by atoms with Gasteiger partial charge < -0.3 is 24.6 Å². The number of amides is 1. The Morgan fingerprint density at radius 3 is 2.29 bits per heavy atom. The van der Waals surface area contributed by atoms with Crippen molar-refractivity contribution in [2.24, 2.45) is 0 Å². The molecule has 0 aliphatic carbocycles. The highest BCUT2D eigenvalue weighted by atomic mass is 19.1. The molecule has 2 aromatic carbocycles. The van der Waals surface area contributed by atoms with E-state index >= 15 is 0 Å². The molecule has 2 aliphatic rings. The normalized spacial score (nSPS) is 17.7. The fraction of sp³-hybridized carbons (Fsp3) is 0.481. The lowest BCUT2D eigenvalue weighted by atomic mass is 9.96. The molecule has 0 atom stereocenters. The van der Waals surface area contributed by atoms with Gasteiger partial charge in [-0.2, -0.15) is 0 Å². The molecular formula is C27H34FN3O4. The third kappa shape index (κ3) is 6.80. The van der Waals surface area contributed by atoms with Crippen molar-refractivity contribution >= 4 is 11.9 Å². The number of ether oxygens (including phenoxy) is 2. The predicted molar refractivity (Wildman–Crippen MR) is 131 cm³/mol. The van der Waals surface area contributed by atoms with Gasteiger partial charge in [0.1, 0.15) is 11.6 Å². The molecule has 0 spiro atoms. The average Bonchev–Trinajstić information content (AvgIpc) is 2.92. The third-order valence-corrected chi connectivity index (χ3v) is 6.98. The number of benzene rings is 2. The van der Waals surface area contributed by atoms with Crippen LogP contribution in [0.2, 0.25) is 0 Å². The van der Waals surface area contributed by atoms with Gasteiger partial charge in [0.05, 0.1) is 7.11 Å². The van der Waals surface area contributed by atoms with E-state index < -0.39 is 5.97 Å². The number of likely N-dealkylation sites (tertiary alicyclic amines) is 1. The van der Waals surface area contributed by atoms with Gasteiger partial charge in [0.25, 0.3) is 5.91 Å². The lowest BCUT2D eigenvalue weighted by Crippen LogP contribution is -2.51. The topological polar surface area (TPSA) is 71.1 Å². The number of piperidine rings is 2. The lowest BCUT2D eigenvalue weighted by molar-refractivity contribution is -0.142. The van der Waals surface area contributed by atoms with Crippen molar-refractivity contribution < 1.29 is 23.5 Å². The Labute approximate surface area is 206 Å². The Morgan fingerprint density at radius 2 is 1.66 bits per heavy atom. The number of esters is 1. The minimum Gasteiger partial charge on any atom is -0.482 e. The molecule has 8 heteroatoms. The highest BCUT2D eigenvalue weighted by Crippen LogP contribution is 2.25. The summed E-state index contributed by atoms with van der Waals surface area (Å²) in [6.45, 7) is 4.33. The monoisotopic (exact) mass is 483 g/mol. The largest absolute Gasteiger partial charge is 0.482 e. The average molecular weight is 484 g/mol. The van der Waals surface area contributed by atoms with Gasteiger partial charge in [-0.1, -0.05) is 12.1 Å². The second-order valence-corrected chi connectivity index (χ2v) is 9.20. The molecule has 4 rings (SSSR count). The number of hydrogen-bond acceptors (Lipinski definition) is 6. The van der Waals surface area contributed by atoms with Crippen LogP contribution in [0.25, 0.3) is 0 Å². The number of rotatable bonds is 8. The highest BCUT2D eigenvalue weighted by molar-refractivity contribution is 5.94. The molecule has 0 unspecified atom stereocenters. The summed E-state index contributed by atoms with van der Waals surface area (Å²) in [5.74, 6) is -0.322. The van der Waals surface area contributed by atoms with Gasteiger partial charge in [0, 0.05) is 37.3 Å². The quantitative estimate of drug-likeness (QED) is 0.582. The van der Waals surface area contributed by atoms with Crippen molar-refractivity contribution in [2.75, 3.05) is 39.9 Å². The number of carbonyl (C=O) groups is 2. The molecule has 1 amide bonds. The van der Waals surface area contributed by atoms with Crippen LogP contribution in [0.15, 0.2) is 48.5 Å². The first-order valence-corrected chi connectivity index (χ1v) is 12.3. The minimum atomic E-state index is -0.466. The fourth-order valence-corrected chi connectivity index (χ4v) is 4.95. The summed E-state index contributed by atoms with van der Waals surface area (Å²) in [6.07, 6.45) is 4.18. The molecule has 0 radical (unpaired) electrons. The van der Waals surface area contributed by atoms with Crippen molar-refractivity contribution in [3.63, 3.8) is 0 Å². The van der Waals surface area contributed by atoms with E-state index in [1.165, 1.54) is 32.1 Å². The zero-order valence-corrected chi connectivity index (χ0v) is 20.2. The first-order chi connectivity index (χ1) is 17.0. The van der Waals surface area contributed by atoms with E-state index in [1.54, 1.807) is 36.4 Å². The molecule has 7 nitrogen and oxygen atoms in total. The van der Waals surface area contributed by atoms with E-state index in [-0.39, 0.29) is 24.4 Å². The van der Waals surface area contributed by atoms with Crippen molar-refractivity contribution in [3.8, 4) is 5.75 Å². The van der Waals surface area contributed by atoms with Crippen molar-refractivity contribution in [3.05, 3.63) is 65.5 Å². The van der Waals surface area contributed by atoms with E-state index in [4.69, 9.17) is 4.74 Å². The Bertz CT molecular complexity index is 969. The maximum absolute atomic E-state index is 13.6. The van der Waals surface area contributed by atoms with Crippen LogP contribution in [0.4, 0.5) is 4.39 Å². The van der Waals surface area contributed by atoms with Gasteiger partial charge in [-0.15, -0.1) is 0 Å². The van der Waals surface area contributed by atoms with E-state index in [9.17, 15) is 14.0 Å². The number of methoxy groups -OCH3 is 1. The molecule has 2 saturated heterocycles. The van der Waals surface area contributed by atoms with Gasteiger partial charge in [0.2, 0.25) is 0 Å². The van der Waals surface area contributed by atoms with Crippen molar-refractivity contribution in [2.45, 2.75) is 44.3 Å². The third-order valence-electron chi connectivity index (χ3n) is 6.98. The maximum atomic E-state index is 13.6.